The Morgan fingerprint density at radius 3 is 2.57 bits per heavy atom. The van der Waals surface area contributed by atoms with Crippen molar-refractivity contribution in [1.29, 1.82) is 0 Å². The lowest BCUT2D eigenvalue weighted by atomic mass is 10.7. The van der Waals surface area contributed by atoms with Crippen molar-refractivity contribution in [2.24, 2.45) is 7.05 Å². The summed E-state index contributed by atoms with van der Waals surface area (Å²) in [6.07, 6.45) is 3.53. The quantitative estimate of drug-likeness (QED) is 0.429. The van der Waals surface area contributed by atoms with Crippen molar-refractivity contribution < 1.29 is 8.98 Å². The van der Waals surface area contributed by atoms with Crippen molar-refractivity contribution in [2.45, 2.75) is 6.92 Å². The Bertz CT molecular complexity index is 140. The molecular formula is C5H8NO+. The highest BCUT2D eigenvalue weighted by Crippen LogP contribution is 1.83. The van der Waals surface area contributed by atoms with E-state index < -0.39 is 0 Å². The second-order valence-electron chi connectivity index (χ2n) is 1.53. The maximum atomic E-state index is 4.93. The normalized spacial score (nSPS) is 9.43. The number of aromatic nitrogens is 1. The van der Waals surface area contributed by atoms with E-state index in [-0.39, 0.29) is 0 Å². The van der Waals surface area contributed by atoms with Gasteiger partial charge in [0.1, 0.15) is 7.05 Å². The van der Waals surface area contributed by atoms with E-state index >= 15 is 0 Å². The average Bonchev–Trinajstić information content (AvgIpc) is 1.91. The first-order chi connectivity index (χ1) is 3.30. The average molecular weight is 98.1 g/mol. The molecule has 0 fully saturated rings. The fourth-order valence-electron chi connectivity index (χ4n) is 0.408. The van der Waals surface area contributed by atoms with Gasteiger partial charge in [0.15, 0.2) is 6.26 Å². The molecule has 0 saturated carbocycles. The molecule has 7 heavy (non-hydrogen) atoms. The van der Waals surface area contributed by atoms with Crippen LogP contribution in [0.1, 0.15) is 5.89 Å². The van der Waals surface area contributed by atoms with E-state index in [4.69, 9.17) is 4.42 Å². The van der Waals surface area contributed by atoms with Gasteiger partial charge in [-0.25, -0.2) is 0 Å². The number of hydrogen-bond acceptors (Lipinski definition) is 1. The van der Waals surface area contributed by atoms with Crippen LogP contribution < -0.4 is 4.57 Å². The molecule has 0 bridgehead atoms. The van der Waals surface area contributed by atoms with Crippen molar-refractivity contribution in [3.63, 3.8) is 0 Å². The number of aryl methyl sites for hydroxylation is 2. The van der Waals surface area contributed by atoms with Crippen LogP contribution in [0, 0.1) is 6.92 Å². The smallest absolute Gasteiger partial charge is 0.343 e. The van der Waals surface area contributed by atoms with Gasteiger partial charge in [-0.05, 0) is 0 Å². The predicted octanol–water partition coefficient (Wildman–Crippen LogP) is 0.413. The lowest BCUT2D eigenvalue weighted by Gasteiger charge is -1.72. The molecule has 0 saturated heterocycles. The number of nitrogens with zero attached hydrogens (tertiary/aromatic N) is 1. The zero-order valence-electron chi connectivity index (χ0n) is 4.51. The van der Waals surface area contributed by atoms with Crippen LogP contribution in [0.25, 0.3) is 0 Å². The summed E-state index contributed by atoms with van der Waals surface area (Å²) in [7, 11) is 1.94. The van der Waals surface area contributed by atoms with Gasteiger partial charge in [0, 0.05) is 0 Å². The van der Waals surface area contributed by atoms with Crippen molar-refractivity contribution in [3.05, 3.63) is 18.4 Å². The van der Waals surface area contributed by atoms with Crippen molar-refractivity contribution >= 4 is 0 Å². The first kappa shape index (κ1) is 4.37. The Morgan fingerprint density at radius 2 is 2.43 bits per heavy atom. The highest BCUT2D eigenvalue weighted by molar-refractivity contribution is 4.59. The van der Waals surface area contributed by atoms with Gasteiger partial charge in [-0.2, -0.15) is 4.57 Å². The van der Waals surface area contributed by atoms with Crippen LogP contribution in [0.3, 0.4) is 0 Å². The van der Waals surface area contributed by atoms with Crippen LogP contribution in [0.4, 0.5) is 0 Å². The molecule has 2 heteroatoms. The molecule has 38 valence electrons. The molecule has 0 aliphatic carbocycles. The topological polar surface area (TPSA) is 17.0 Å². The fourth-order valence-corrected chi connectivity index (χ4v) is 0.408. The second kappa shape index (κ2) is 1.37. The lowest BCUT2D eigenvalue weighted by molar-refractivity contribution is -0.681. The minimum absolute atomic E-state index is 0.931. The molecule has 1 heterocycles. The molecule has 1 rings (SSSR count). The molecule has 1 aromatic rings. The zero-order chi connectivity index (χ0) is 5.28. The lowest BCUT2D eigenvalue weighted by Crippen LogP contribution is -2.27. The largest absolute Gasteiger partial charge is 0.410 e. The van der Waals surface area contributed by atoms with Crippen LogP contribution in [0.5, 0.6) is 0 Å². The van der Waals surface area contributed by atoms with Gasteiger partial charge in [0.25, 0.3) is 0 Å². The van der Waals surface area contributed by atoms with E-state index in [2.05, 4.69) is 0 Å². The summed E-state index contributed by atoms with van der Waals surface area (Å²) < 4.78 is 6.84. The second-order valence-corrected chi connectivity index (χ2v) is 1.53. The Balaban J connectivity index is 3.12. The molecule has 0 aliphatic rings. The number of hydrogen-bond donors (Lipinski definition) is 0. The molecular weight excluding hydrogens is 90.1 g/mol. The third kappa shape index (κ3) is 0.633. The highest BCUT2D eigenvalue weighted by atomic mass is 16.3. The zero-order valence-corrected chi connectivity index (χ0v) is 4.51. The van der Waals surface area contributed by atoms with Crippen molar-refractivity contribution in [1.82, 2.24) is 0 Å². The standard InChI is InChI=1S/C5H8NO/c1-5-6(2)3-4-7-5/h3-4H,1-2H3/q+1. The molecule has 0 spiro atoms. The predicted molar refractivity (Wildman–Crippen MR) is 24.6 cm³/mol. The summed E-state index contributed by atoms with van der Waals surface area (Å²) >= 11 is 0. The van der Waals surface area contributed by atoms with Crippen LogP contribution >= 0.6 is 0 Å². The molecule has 0 unspecified atom stereocenters. The maximum absolute atomic E-state index is 4.93. The van der Waals surface area contributed by atoms with Gasteiger partial charge in [-0.15, -0.1) is 0 Å². The van der Waals surface area contributed by atoms with Gasteiger partial charge < -0.3 is 4.42 Å². The molecule has 0 amide bonds. The molecule has 2 nitrogen and oxygen atoms in total. The Kier molecular flexibility index (Phi) is 0.855. The molecule has 0 aromatic carbocycles. The van der Waals surface area contributed by atoms with E-state index in [9.17, 15) is 0 Å². The summed E-state index contributed by atoms with van der Waals surface area (Å²) in [6.45, 7) is 1.92. The summed E-state index contributed by atoms with van der Waals surface area (Å²) in [4.78, 5) is 0. The van der Waals surface area contributed by atoms with Crippen molar-refractivity contribution in [2.75, 3.05) is 0 Å². The van der Waals surface area contributed by atoms with Crippen molar-refractivity contribution in [3.8, 4) is 0 Å². The summed E-state index contributed by atoms with van der Waals surface area (Å²) in [5.74, 6) is 0.931. The fraction of sp³-hybridized carbons (Fsp3) is 0.400. The van der Waals surface area contributed by atoms with E-state index in [1.165, 1.54) is 0 Å². The molecule has 0 radical (unpaired) electrons. The monoisotopic (exact) mass is 98.1 g/mol. The maximum Gasteiger partial charge on any atom is 0.343 e. The number of oxazole rings is 1. The van der Waals surface area contributed by atoms with Gasteiger partial charge in [-0.3, -0.25) is 0 Å². The summed E-state index contributed by atoms with van der Waals surface area (Å²) in [5, 5.41) is 0. The molecule has 0 N–H and O–H groups in total. The summed E-state index contributed by atoms with van der Waals surface area (Å²) in [6, 6.07) is 0. The minimum atomic E-state index is 0.931. The summed E-state index contributed by atoms with van der Waals surface area (Å²) in [5.41, 5.74) is 0. The minimum Gasteiger partial charge on any atom is -0.410 e. The first-order valence-electron chi connectivity index (χ1n) is 2.20. The van der Waals surface area contributed by atoms with Gasteiger partial charge in [0.2, 0.25) is 6.20 Å². The first-order valence-corrected chi connectivity index (χ1v) is 2.20. The van der Waals surface area contributed by atoms with Crippen LogP contribution in [-0.2, 0) is 7.05 Å². The van der Waals surface area contributed by atoms with E-state index in [0.717, 1.165) is 5.89 Å². The third-order valence-electron chi connectivity index (χ3n) is 1.02. The molecule has 0 atom stereocenters. The highest BCUT2D eigenvalue weighted by Gasteiger charge is 1.97. The Hall–Kier alpha value is -0.790. The van der Waals surface area contributed by atoms with E-state index in [1.807, 2.05) is 24.7 Å². The van der Waals surface area contributed by atoms with E-state index in [0.29, 0.717) is 0 Å². The van der Waals surface area contributed by atoms with Gasteiger partial charge in [0.05, 0.1) is 6.92 Å². The van der Waals surface area contributed by atoms with E-state index in [1.54, 1.807) is 6.26 Å². The van der Waals surface area contributed by atoms with Gasteiger partial charge in [-0.1, -0.05) is 0 Å². The third-order valence-corrected chi connectivity index (χ3v) is 1.02. The Morgan fingerprint density at radius 1 is 1.71 bits per heavy atom. The molecule has 0 aliphatic heterocycles. The van der Waals surface area contributed by atoms with Crippen LogP contribution in [-0.4, -0.2) is 0 Å². The van der Waals surface area contributed by atoms with Gasteiger partial charge >= 0.3 is 5.89 Å². The van der Waals surface area contributed by atoms with Crippen LogP contribution in [0.15, 0.2) is 16.9 Å². The van der Waals surface area contributed by atoms with Crippen LogP contribution in [0.2, 0.25) is 0 Å². The Labute approximate surface area is 42.4 Å². The number of rotatable bonds is 0. The molecule has 1 aromatic heterocycles. The SMILES string of the molecule is Cc1occ[n+]1C.